The number of furan rings is 1. The van der Waals surface area contributed by atoms with Crippen molar-refractivity contribution in [3.8, 4) is 56.4 Å². The number of fused-ring (bicyclic) bond motifs is 6. The van der Waals surface area contributed by atoms with Crippen LogP contribution < -0.4 is 38.2 Å². The number of para-hydroxylation sites is 1. The summed E-state index contributed by atoms with van der Waals surface area (Å²) in [6.07, 6.45) is 0. The molecule has 3 aromatic heterocycles. The first kappa shape index (κ1) is 35.4. The molecule has 0 unspecified atom stereocenters. The third kappa shape index (κ3) is 5.64. The molecule has 0 amide bonds. The van der Waals surface area contributed by atoms with Gasteiger partial charge in [0.05, 0.1) is 0 Å². The first-order valence-corrected chi connectivity index (χ1v) is 20.3. The first-order chi connectivity index (χ1) is 27.7. The van der Waals surface area contributed by atoms with E-state index in [-0.39, 0.29) is 0 Å². The minimum absolute atomic E-state index is 0.608. The van der Waals surface area contributed by atoms with Gasteiger partial charge in [-0.1, -0.05) is 131 Å². The van der Waals surface area contributed by atoms with Crippen LogP contribution in [0.25, 0.3) is 98.5 Å². The fourth-order valence-electron chi connectivity index (χ4n) is 8.63. The van der Waals surface area contributed by atoms with Gasteiger partial charge >= 0.3 is 0 Å². The fourth-order valence-corrected chi connectivity index (χ4v) is 10.2. The smallest absolute Gasteiger partial charge is 0.164 e. The highest BCUT2D eigenvalue weighted by atomic mass is 32.1. The summed E-state index contributed by atoms with van der Waals surface area (Å²) in [5.41, 5.74) is 18.8. The van der Waals surface area contributed by atoms with Gasteiger partial charge in [0.25, 0.3) is 0 Å². The lowest BCUT2D eigenvalue weighted by atomic mass is 9.64. The SMILES string of the molecule is Bc1c(B)c(B)c2c(sc3c(-c4ccc(-c5nc(-c6ccc(-c7ccccc7)cc6)nc(-c6cccc7oc8ccccc8c67)n5)cc4)c(B)c(B)c(B)c32)c1B. The molecule has 10 rings (SSSR count). The molecule has 0 atom stereocenters. The number of hydrogen-bond donors (Lipinski definition) is 0. The summed E-state index contributed by atoms with van der Waals surface area (Å²) in [7, 11) is 16.0. The molecule has 57 heavy (non-hydrogen) atoms. The Kier molecular flexibility index (Phi) is 8.46. The van der Waals surface area contributed by atoms with Crippen LogP contribution >= 0.6 is 11.3 Å². The third-order valence-electron chi connectivity index (χ3n) is 12.4. The monoisotopic (exact) mass is 741 g/mol. The second-order valence-corrected chi connectivity index (χ2v) is 16.4. The second-order valence-electron chi connectivity index (χ2n) is 15.4. The molecule has 12 heteroatoms. The number of hydrogen-bond acceptors (Lipinski definition) is 5. The molecule has 0 fully saturated rings. The Morgan fingerprint density at radius 3 is 1.56 bits per heavy atom. The molecule has 262 valence electrons. The molecule has 0 saturated heterocycles. The Balaban J connectivity index is 1.14. The van der Waals surface area contributed by atoms with E-state index in [0.717, 1.165) is 44.2 Å². The van der Waals surface area contributed by atoms with Crippen molar-refractivity contribution in [1.82, 2.24) is 15.0 Å². The lowest BCUT2D eigenvalue weighted by Gasteiger charge is -2.17. The zero-order valence-corrected chi connectivity index (χ0v) is 34.0. The predicted molar refractivity (Wildman–Crippen MR) is 264 cm³/mol. The molecule has 3 heterocycles. The molecule has 0 aliphatic rings. The minimum atomic E-state index is 0.608. The highest BCUT2D eigenvalue weighted by Crippen LogP contribution is 2.38. The highest BCUT2D eigenvalue weighted by molar-refractivity contribution is 7.28. The molecule has 0 saturated carbocycles. The van der Waals surface area contributed by atoms with Gasteiger partial charge in [0.2, 0.25) is 0 Å². The van der Waals surface area contributed by atoms with Gasteiger partial charge in [0.1, 0.15) is 66.1 Å². The predicted octanol–water partition coefficient (Wildman–Crippen LogP) is 0.283. The number of nitrogens with zero attached hydrogens (tertiary/aromatic N) is 3. The second kappa shape index (κ2) is 13.6. The molecule has 0 aliphatic heterocycles. The van der Waals surface area contributed by atoms with Crippen LogP contribution in [-0.4, -0.2) is 69.9 Å². The van der Waals surface area contributed by atoms with Gasteiger partial charge in [0.15, 0.2) is 17.5 Å². The summed E-state index contributed by atoms with van der Waals surface area (Å²) in [6, 6.07) is 42.0. The van der Waals surface area contributed by atoms with Crippen LogP contribution in [0.1, 0.15) is 0 Å². The van der Waals surface area contributed by atoms with Gasteiger partial charge in [-0.05, 0) is 45.2 Å². The summed E-state index contributed by atoms with van der Waals surface area (Å²) in [5.74, 6) is 1.85. The Bertz CT molecular complexity index is 3260. The molecular formula is C45H34B7N3OS. The Morgan fingerprint density at radius 1 is 0.368 bits per heavy atom. The molecule has 0 spiro atoms. The van der Waals surface area contributed by atoms with Crippen molar-refractivity contribution in [2.24, 2.45) is 0 Å². The molecule has 0 bridgehead atoms. The Hall–Kier alpha value is -5.98. The van der Waals surface area contributed by atoms with E-state index in [0.29, 0.717) is 17.5 Å². The summed E-state index contributed by atoms with van der Waals surface area (Å²) < 4.78 is 9.05. The Labute approximate surface area is 342 Å². The van der Waals surface area contributed by atoms with Gasteiger partial charge in [-0.15, -0.1) is 27.7 Å². The highest BCUT2D eigenvalue weighted by Gasteiger charge is 2.22. The molecule has 0 N–H and O–H groups in total. The fraction of sp³-hybridized carbons (Fsp3) is 0. The van der Waals surface area contributed by atoms with E-state index in [2.05, 4.69) is 140 Å². The quantitative estimate of drug-likeness (QED) is 0.239. The van der Waals surface area contributed by atoms with Crippen LogP contribution in [0.4, 0.5) is 0 Å². The first-order valence-electron chi connectivity index (χ1n) is 19.5. The van der Waals surface area contributed by atoms with Crippen molar-refractivity contribution in [3.05, 3.63) is 121 Å². The van der Waals surface area contributed by atoms with Crippen LogP contribution in [0.2, 0.25) is 0 Å². The van der Waals surface area contributed by atoms with Gasteiger partial charge in [0, 0.05) is 36.9 Å². The van der Waals surface area contributed by atoms with Crippen molar-refractivity contribution in [1.29, 1.82) is 0 Å². The van der Waals surface area contributed by atoms with Crippen molar-refractivity contribution >= 4 is 147 Å². The number of rotatable bonds is 5. The average molecular weight is 741 g/mol. The topological polar surface area (TPSA) is 51.8 Å². The molecule has 0 aliphatic carbocycles. The van der Waals surface area contributed by atoms with E-state index < -0.39 is 0 Å². The standard InChI is InChI=1S/C45H34B7N3OS/c46-34-30(41-32(35(47)37(34)49)33-36(48)38(50)39(51)40(52)42(33)57-41)23-15-19-25(20-16-23)44-53-43(24-17-13-22(14-18-24)21-7-2-1-3-8-21)54-45(55-44)27-10-6-12-29-31(27)26-9-4-5-11-28(26)56-29/h1-20H,46-52H2. The Morgan fingerprint density at radius 2 is 0.877 bits per heavy atom. The lowest BCUT2D eigenvalue weighted by molar-refractivity contribution is 0.669. The van der Waals surface area contributed by atoms with E-state index >= 15 is 0 Å². The maximum atomic E-state index is 6.28. The molecule has 4 nitrogen and oxygen atoms in total. The summed E-state index contributed by atoms with van der Waals surface area (Å²) in [4.78, 5) is 15.5. The van der Waals surface area contributed by atoms with Crippen molar-refractivity contribution in [3.63, 3.8) is 0 Å². The average Bonchev–Trinajstić information content (AvgIpc) is 3.84. The van der Waals surface area contributed by atoms with E-state index in [1.165, 1.54) is 75.1 Å². The zero-order chi connectivity index (χ0) is 39.1. The van der Waals surface area contributed by atoms with Crippen molar-refractivity contribution in [2.75, 3.05) is 0 Å². The molecule has 0 radical (unpaired) electrons. The van der Waals surface area contributed by atoms with Crippen LogP contribution in [-0.2, 0) is 0 Å². The maximum Gasteiger partial charge on any atom is 0.164 e. The van der Waals surface area contributed by atoms with Gasteiger partial charge in [-0.3, -0.25) is 0 Å². The van der Waals surface area contributed by atoms with Crippen LogP contribution in [0.5, 0.6) is 0 Å². The van der Waals surface area contributed by atoms with Crippen LogP contribution in [0.15, 0.2) is 126 Å². The van der Waals surface area contributed by atoms with Crippen molar-refractivity contribution in [2.45, 2.75) is 0 Å². The van der Waals surface area contributed by atoms with Crippen LogP contribution in [0.3, 0.4) is 0 Å². The molecular weight excluding hydrogens is 706 g/mol. The summed E-state index contributed by atoms with van der Waals surface area (Å²) >= 11 is 1.94. The van der Waals surface area contributed by atoms with E-state index in [9.17, 15) is 0 Å². The molecule has 7 aromatic carbocycles. The number of aromatic nitrogens is 3. The van der Waals surface area contributed by atoms with E-state index in [1.54, 1.807) is 0 Å². The van der Waals surface area contributed by atoms with Crippen molar-refractivity contribution < 1.29 is 4.42 Å². The minimum Gasteiger partial charge on any atom is -0.456 e. The lowest BCUT2D eigenvalue weighted by Crippen LogP contribution is -2.47. The molecule has 10 aromatic rings. The largest absolute Gasteiger partial charge is 0.456 e. The number of thiophene rings is 1. The maximum absolute atomic E-state index is 6.28. The van der Waals surface area contributed by atoms with E-state index in [4.69, 9.17) is 19.4 Å². The van der Waals surface area contributed by atoms with Gasteiger partial charge in [-0.25, -0.2) is 15.0 Å². The third-order valence-corrected chi connectivity index (χ3v) is 13.7. The van der Waals surface area contributed by atoms with Gasteiger partial charge in [-0.2, -0.15) is 0 Å². The zero-order valence-electron chi connectivity index (χ0n) is 33.2. The normalized spacial score (nSPS) is 11.6. The van der Waals surface area contributed by atoms with Crippen LogP contribution in [0, 0.1) is 0 Å². The summed E-state index contributed by atoms with van der Waals surface area (Å²) in [5, 5.41) is 4.85. The number of benzene rings is 7. The van der Waals surface area contributed by atoms with E-state index in [1.807, 2.05) is 47.7 Å². The summed E-state index contributed by atoms with van der Waals surface area (Å²) in [6.45, 7) is 0. The van der Waals surface area contributed by atoms with Gasteiger partial charge < -0.3 is 4.42 Å².